The SMILES string of the molecule is CC(C)=C[C@@]1(Cc2ccccc2Oc2ccccc2)[C@@H](C(=O)O)C1(C)C. The number of hydrogen-bond donors (Lipinski definition) is 1. The van der Waals surface area contributed by atoms with Crippen molar-refractivity contribution in [1.82, 2.24) is 0 Å². The third kappa shape index (κ3) is 3.14. The zero-order valence-corrected chi connectivity index (χ0v) is 15.8. The topological polar surface area (TPSA) is 46.5 Å². The number of allylic oxidation sites excluding steroid dienone is 2. The highest BCUT2D eigenvalue weighted by atomic mass is 16.5. The molecule has 1 N–H and O–H groups in total. The van der Waals surface area contributed by atoms with Crippen LogP contribution in [0.4, 0.5) is 0 Å². The number of para-hydroxylation sites is 2. The number of carboxylic acid groups (broad SMARTS) is 1. The molecule has 3 rings (SSSR count). The number of carboxylic acids is 1. The third-order valence-electron chi connectivity index (χ3n) is 5.57. The Kier molecular flexibility index (Phi) is 4.66. The minimum absolute atomic E-state index is 0.296. The maximum atomic E-state index is 11.9. The molecule has 1 saturated carbocycles. The van der Waals surface area contributed by atoms with E-state index in [1.54, 1.807) is 0 Å². The van der Waals surface area contributed by atoms with E-state index in [1.165, 1.54) is 0 Å². The van der Waals surface area contributed by atoms with Crippen molar-refractivity contribution in [2.24, 2.45) is 16.7 Å². The fraction of sp³-hybridized carbons (Fsp3) is 0.348. The maximum absolute atomic E-state index is 11.9. The molecule has 0 saturated heterocycles. The van der Waals surface area contributed by atoms with Crippen LogP contribution in [0.3, 0.4) is 0 Å². The van der Waals surface area contributed by atoms with Crippen LogP contribution in [-0.2, 0) is 11.2 Å². The van der Waals surface area contributed by atoms with E-state index in [0.717, 1.165) is 22.6 Å². The van der Waals surface area contributed by atoms with Crippen molar-refractivity contribution >= 4 is 5.97 Å². The van der Waals surface area contributed by atoms with E-state index in [4.69, 9.17) is 4.74 Å². The average molecular weight is 350 g/mol. The molecule has 0 aromatic heterocycles. The smallest absolute Gasteiger partial charge is 0.307 e. The standard InChI is InChI=1S/C23H26O3/c1-16(2)14-23(20(21(24)25)22(23,3)4)15-17-10-8-9-13-19(17)26-18-11-6-5-7-12-18/h5-14,20H,15H2,1-4H3,(H,24,25)/t20-,23+/m0/s1. The largest absolute Gasteiger partial charge is 0.481 e. The molecule has 2 atom stereocenters. The number of hydrogen-bond acceptors (Lipinski definition) is 2. The third-order valence-corrected chi connectivity index (χ3v) is 5.57. The van der Waals surface area contributed by atoms with Crippen LogP contribution < -0.4 is 4.74 Å². The van der Waals surface area contributed by atoms with Crippen molar-refractivity contribution < 1.29 is 14.6 Å². The molecule has 2 aromatic rings. The Balaban J connectivity index is 1.97. The predicted octanol–water partition coefficient (Wildman–Crippen LogP) is 5.71. The number of rotatable bonds is 6. The highest BCUT2D eigenvalue weighted by Crippen LogP contribution is 2.71. The number of benzene rings is 2. The van der Waals surface area contributed by atoms with E-state index in [1.807, 2.05) is 82.3 Å². The first kappa shape index (κ1) is 18.2. The molecule has 0 unspecified atom stereocenters. The maximum Gasteiger partial charge on any atom is 0.307 e. The first-order chi connectivity index (χ1) is 12.3. The normalized spacial score (nSPS) is 23.2. The Morgan fingerprint density at radius 1 is 1.08 bits per heavy atom. The fourth-order valence-electron chi connectivity index (χ4n) is 4.26. The molecule has 1 aliphatic carbocycles. The van der Waals surface area contributed by atoms with E-state index in [0.29, 0.717) is 6.42 Å². The highest BCUT2D eigenvalue weighted by Gasteiger charge is 2.72. The van der Waals surface area contributed by atoms with Crippen molar-refractivity contribution in [2.45, 2.75) is 34.1 Å². The summed E-state index contributed by atoms with van der Waals surface area (Å²) in [6, 6.07) is 17.6. The van der Waals surface area contributed by atoms with Gasteiger partial charge in [-0.05, 0) is 49.4 Å². The summed E-state index contributed by atoms with van der Waals surface area (Å²) in [4.78, 5) is 11.9. The van der Waals surface area contributed by atoms with Gasteiger partial charge in [-0.3, -0.25) is 4.79 Å². The summed E-state index contributed by atoms with van der Waals surface area (Å²) in [6.45, 7) is 8.15. The molecule has 136 valence electrons. The van der Waals surface area contributed by atoms with Crippen LogP contribution in [-0.4, -0.2) is 11.1 Å². The number of carbonyl (C=O) groups is 1. The van der Waals surface area contributed by atoms with Crippen molar-refractivity contribution in [3.8, 4) is 11.5 Å². The van der Waals surface area contributed by atoms with Gasteiger partial charge in [-0.1, -0.05) is 61.9 Å². The van der Waals surface area contributed by atoms with Gasteiger partial charge in [0.1, 0.15) is 11.5 Å². The van der Waals surface area contributed by atoms with Gasteiger partial charge in [-0.2, -0.15) is 0 Å². The fourth-order valence-corrected chi connectivity index (χ4v) is 4.26. The Morgan fingerprint density at radius 3 is 2.27 bits per heavy atom. The quantitative estimate of drug-likeness (QED) is 0.678. The van der Waals surface area contributed by atoms with Crippen molar-refractivity contribution in [3.05, 3.63) is 71.8 Å². The van der Waals surface area contributed by atoms with Crippen molar-refractivity contribution in [2.75, 3.05) is 0 Å². The van der Waals surface area contributed by atoms with Crippen LogP contribution in [0.5, 0.6) is 11.5 Å². The van der Waals surface area contributed by atoms with Gasteiger partial charge in [0.05, 0.1) is 5.92 Å². The summed E-state index contributed by atoms with van der Waals surface area (Å²) in [5.74, 6) is 0.441. The van der Waals surface area contributed by atoms with E-state index in [2.05, 4.69) is 6.08 Å². The summed E-state index contributed by atoms with van der Waals surface area (Å²) in [5, 5.41) is 9.76. The predicted molar refractivity (Wildman–Crippen MR) is 103 cm³/mol. The lowest BCUT2D eigenvalue weighted by atomic mass is 9.86. The molecule has 2 aromatic carbocycles. The lowest BCUT2D eigenvalue weighted by Crippen LogP contribution is -2.13. The van der Waals surface area contributed by atoms with Crippen LogP contribution in [0, 0.1) is 16.7 Å². The van der Waals surface area contributed by atoms with Gasteiger partial charge < -0.3 is 9.84 Å². The molecule has 1 aliphatic rings. The van der Waals surface area contributed by atoms with Gasteiger partial charge in [0.15, 0.2) is 0 Å². The minimum Gasteiger partial charge on any atom is -0.481 e. The molecule has 0 aliphatic heterocycles. The lowest BCUT2D eigenvalue weighted by Gasteiger charge is -2.19. The Labute approximate surface area is 155 Å². The second-order valence-electron chi connectivity index (χ2n) is 7.95. The van der Waals surface area contributed by atoms with Gasteiger partial charge in [-0.15, -0.1) is 0 Å². The Bertz CT molecular complexity index is 832. The van der Waals surface area contributed by atoms with Gasteiger partial charge >= 0.3 is 5.97 Å². The van der Waals surface area contributed by atoms with Crippen LogP contribution in [0.15, 0.2) is 66.2 Å². The summed E-state index contributed by atoms with van der Waals surface area (Å²) in [7, 11) is 0. The zero-order chi connectivity index (χ0) is 18.9. The minimum atomic E-state index is -0.728. The highest BCUT2D eigenvalue weighted by molar-refractivity contribution is 5.78. The average Bonchev–Trinajstić information content (AvgIpc) is 3.03. The molecule has 0 radical (unpaired) electrons. The number of aliphatic carboxylic acids is 1. The van der Waals surface area contributed by atoms with Crippen LogP contribution in [0.2, 0.25) is 0 Å². The molecule has 1 fully saturated rings. The van der Waals surface area contributed by atoms with Crippen molar-refractivity contribution in [1.29, 1.82) is 0 Å². The van der Waals surface area contributed by atoms with E-state index in [-0.39, 0.29) is 5.41 Å². The van der Waals surface area contributed by atoms with E-state index in [9.17, 15) is 9.90 Å². The first-order valence-electron chi connectivity index (χ1n) is 8.97. The van der Waals surface area contributed by atoms with Gasteiger partial charge in [0.25, 0.3) is 0 Å². The molecule has 0 bridgehead atoms. The van der Waals surface area contributed by atoms with Crippen LogP contribution in [0.25, 0.3) is 0 Å². The molecule has 26 heavy (non-hydrogen) atoms. The Hall–Kier alpha value is -2.55. The molecular formula is C23H26O3. The molecular weight excluding hydrogens is 324 g/mol. The molecule has 3 nitrogen and oxygen atoms in total. The van der Waals surface area contributed by atoms with Crippen LogP contribution in [0.1, 0.15) is 33.3 Å². The summed E-state index contributed by atoms with van der Waals surface area (Å²) >= 11 is 0. The lowest BCUT2D eigenvalue weighted by molar-refractivity contribution is -0.139. The second kappa shape index (κ2) is 6.64. The van der Waals surface area contributed by atoms with E-state index >= 15 is 0 Å². The molecule has 0 amide bonds. The molecule has 0 spiro atoms. The second-order valence-corrected chi connectivity index (χ2v) is 7.95. The first-order valence-corrected chi connectivity index (χ1v) is 8.97. The molecule has 3 heteroatoms. The zero-order valence-electron chi connectivity index (χ0n) is 15.8. The van der Waals surface area contributed by atoms with Crippen molar-refractivity contribution in [3.63, 3.8) is 0 Å². The van der Waals surface area contributed by atoms with E-state index < -0.39 is 17.3 Å². The monoisotopic (exact) mass is 350 g/mol. The van der Waals surface area contributed by atoms with Crippen LogP contribution >= 0.6 is 0 Å². The van der Waals surface area contributed by atoms with Gasteiger partial charge in [0, 0.05) is 5.41 Å². The Morgan fingerprint density at radius 2 is 1.69 bits per heavy atom. The summed E-state index contributed by atoms with van der Waals surface area (Å²) in [6.07, 6.45) is 2.79. The van der Waals surface area contributed by atoms with Gasteiger partial charge in [0.2, 0.25) is 0 Å². The number of ether oxygens (including phenoxy) is 1. The van der Waals surface area contributed by atoms with Gasteiger partial charge in [-0.25, -0.2) is 0 Å². The summed E-state index contributed by atoms with van der Waals surface area (Å²) in [5.41, 5.74) is 1.48. The molecule has 0 heterocycles. The summed E-state index contributed by atoms with van der Waals surface area (Å²) < 4.78 is 6.08.